The smallest absolute Gasteiger partial charge is 0.336 e. The second kappa shape index (κ2) is 11.0. The zero-order valence-electron chi connectivity index (χ0n) is 20.3. The van der Waals surface area contributed by atoms with Crippen LogP contribution < -0.4 is 15.7 Å². The molecule has 2 aromatic carbocycles. The lowest BCUT2D eigenvalue weighted by molar-refractivity contribution is -0.142. The van der Waals surface area contributed by atoms with Crippen molar-refractivity contribution in [1.82, 2.24) is 10.3 Å². The van der Waals surface area contributed by atoms with Gasteiger partial charge in [-0.3, -0.25) is 4.79 Å². The number of benzene rings is 2. The minimum absolute atomic E-state index is 0.0142. The molecule has 194 valence electrons. The largest absolute Gasteiger partial charge is 0.508 e. The van der Waals surface area contributed by atoms with Crippen LogP contribution >= 0.6 is 11.6 Å². The van der Waals surface area contributed by atoms with E-state index in [4.69, 9.17) is 20.8 Å². The molecule has 0 radical (unpaired) electrons. The fraction of sp³-hybridized carbons (Fsp3) is 0.296. The van der Waals surface area contributed by atoms with Crippen LogP contribution in [-0.4, -0.2) is 39.2 Å². The van der Waals surface area contributed by atoms with E-state index in [1.165, 1.54) is 31.2 Å². The van der Waals surface area contributed by atoms with Gasteiger partial charge in [-0.25, -0.2) is 9.59 Å². The van der Waals surface area contributed by atoms with Gasteiger partial charge >= 0.3 is 11.6 Å². The molecule has 0 aliphatic carbocycles. The minimum atomic E-state index is -1.24. The highest BCUT2D eigenvalue weighted by Crippen LogP contribution is 2.32. The van der Waals surface area contributed by atoms with Crippen LogP contribution in [0.5, 0.6) is 11.5 Å². The van der Waals surface area contributed by atoms with Crippen molar-refractivity contribution in [2.45, 2.75) is 51.7 Å². The Balaban J connectivity index is 1.51. The minimum Gasteiger partial charge on any atom is -0.508 e. The number of hydrogen-bond acceptors (Lipinski definition) is 6. The molecular formula is C27H27ClN2O7. The number of phenols is 1. The number of ether oxygens (including phenoxy) is 1. The Labute approximate surface area is 217 Å². The van der Waals surface area contributed by atoms with Crippen molar-refractivity contribution in [2.75, 3.05) is 0 Å². The number of carboxylic acid groups (broad SMARTS) is 1. The van der Waals surface area contributed by atoms with Crippen LogP contribution in [-0.2, 0) is 22.4 Å². The van der Waals surface area contributed by atoms with Gasteiger partial charge in [0.15, 0.2) is 6.10 Å². The van der Waals surface area contributed by atoms with Crippen LogP contribution in [0.1, 0.15) is 37.8 Å². The lowest BCUT2D eigenvalue weighted by Crippen LogP contribution is -2.47. The number of aryl methyl sites for hydroxylation is 1. The summed E-state index contributed by atoms with van der Waals surface area (Å²) in [6, 6.07) is 8.04. The van der Waals surface area contributed by atoms with E-state index in [-0.39, 0.29) is 28.5 Å². The molecule has 4 rings (SSSR count). The maximum atomic E-state index is 12.8. The molecule has 37 heavy (non-hydrogen) atoms. The molecule has 9 nitrogen and oxygen atoms in total. The SMILES string of the molecule is CCCCc1cc(=O)oc2cc(O[C@H](C)C(=O)N[C@H](Cc3c[nH]c4ccc(O)cc34)C(=O)O)c(Cl)cc12. The molecule has 0 unspecified atom stereocenters. The van der Waals surface area contributed by atoms with Gasteiger partial charge in [-0.1, -0.05) is 24.9 Å². The van der Waals surface area contributed by atoms with Crippen molar-refractivity contribution < 1.29 is 29.0 Å². The van der Waals surface area contributed by atoms with E-state index >= 15 is 0 Å². The molecule has 0 spiro atoms. The molecule has 10 heteroatoms. The van der Waals surface area contributed by atoms with Gasteiger partial charge in [0.2, 0.25) is 0 Å². The zero-order valence-corrected chi connectivity index (χ0v) is 21.1. The van der Waals surface area contributed by atoms with Crippen LogP contribution in [0.15, 0.2) is 51.8 Å². The van der Waals surface area contributed by atoms with Gasteiger partial charge in [0.05, 0.1) is 5.02 Å². The summed E-state index contributed by atoms with van der Waals surface area (Å²) in [5.41, 5.74) is 1.97. The average Bonchev–Trinajstić information content (AvgIpc) is 3.24. The molecule has 4 N–H and O–H groups in total. The van der Waals surface area contributed by atoms with Gasteiger partial charge in [-0.2, -0.15) is 0 Å². The molecule has 0 fully saturated rings. The molecule has 2 aromatic heterocycles. The number of carbonyl (C=O) groups excluding carboxylic acids is 1. The van der Waals surface area contributed by atoms with E-state index < -0.39 is 29.6 Å². The number of phenolic OH excluding ortho intramolecular Hbond substituents is 1. The second-order valence-corrected chi connectivity index (χ2v) is 9.29. The van der Waals surface area contributed by atoms with Crippen LogP contribution in [0.25, 0.3) is 21.9 Å². The number of H-pyrrole nitrogens is 1. The van der Waals surface area contributed by atoms with Crippen molar-refractivity contribution in [2.24, 2.45) is 0 Å². The van der Waals surface area contributed by atoms with E-state index in [1.807, 2.05) is 0 Å². The van der Waals surface area contributed by atoms with E-state index in [0.29, 0.717) is 22.8 Å². The Morgan fingerprint density at radius 2 is 1.95 bits per heavy atom. The number of aliphatic carboxylic acids is 1. The van der Waals surface area contributed by atoms with E-state index in [0.717, 1.165) is 23.9 Å². The average molecular weight is 527 g/mol. The number of carboxylic acids is 1. The van der Waals surface area contributed by atoms with Gasteiger partial charge < -0.3 is 29.7 Å². The van der Waals surface area contributed by atoms with Crippen molar-refractivity contribution in [1.29, 1.82) is 0 Å². The number of fused-ring (bicyclic) bond motifs is 2. The molecule has 1 amide bonds. The third kappa shape index (κ3) is 5.89. The summed E-state index contributed by atoms with van der Waals surface area (Å²) in [6.07, 6.45) is 3.09. The van der Waals surface area contributed by atoms with Crippen molar-refractivity contribution in [3.05, 3.63) is 69.2 Å². The summed E-state index contributed by atoms with van der Waals surface area (Å²) in [4.78, 5) is 39.8. The molecule has 0 saturated carbocycles. The van der Waals surface area contributed by atoms with Crippen LogP contribution in [0.4, 0.5) is 0 Å². The second-order valence-electron chi connectivity index (χ2n) is 8.88. The van der Waals surface area contributed by atoms with E-state index in [9.17, 15) is 24.6 Å². The van der Waals surface area contributed by atoms with Crippen LogP contribution in [0.2, 0.25) is 5.02 Å². The van der Waals surface area contributed by atoms with Gasteiger partial charge in [-0.05, 0) is 55.2 Å². The number of aromatic nitrogens is 1. The maximum Gasteiger partial charge on any atom is 0.336 e. The van der Waals surface area contributed by atoms with Crippen molar-refractivity contribution >= 4 is 45.3 Å². The normalized spacial score (nSPS) is 12.9. The number of halogens is 1. The third-order valence-corrected chi connectivity index (χ3v) is 6.44. The summed E-state index contributed by atoms with van der Waals surface area (Å²) >= 11 is 6.42. The van der Waals surface area contributed by atoms with E-state index in [2.05, 4.69) is 17.2 Å². The number of aromatic amines is 1. The quantitative estimate of drug-likeness (QED) is 0.222. The Bertz CT molecular complexity index is 1520. The number of carbonyl (C=O) groups is 2. The Morgan fingerprint density at radius 1 is 1.16 bits per heavy atom. The standard InChI is InChI=1S/C27H27ClN2O7/c1-3-4-5-15-9-25(32)37-23-12-24(20(28)11-19(15)23)36-14(2)26(33)30-22(27(34)35)8-16-13-29-21-7-6-17(31)10-18(16)21/h6-7,9-14,22,29,31H,3-5,8H2,1-2H3,(H,30,33)(H,34,35)/t14-,22-/m1/s1. The Kier molecular flexibility index (Phi) is 7.73. The Morgan fingerprint density at radius 3 is 2.68 bits per heavy atom. The van der Waals surface area contributed by atoms with Gasteiger partial charge in [-0.15, -0.1) is 0 Å². The van der Waals surface area contributed by atoms with Crippen molar-refractivity contribution in [3.8, 4) is 11.5 Å². The third-order valence-electron chi connectivity index (χ3n) is 6.14. The lowest BCUT2D eigenvalue weighted by atomic mass is 10.0. The molecule has 2 atom stereocenters. The zero-order chi connectivity index (χ0) is 26.7. The predicted octanol–water partition coefficient (Wildman–Crippen LogP) is 4.56. The molecule has 0 aliphatic rings. The number of hydrogen-bond donors (Lipinski definition) is 4. The summed E-state index contributed by atoms with van der Waals surface area (Å²) in [5.74, 6) is -1.71. The van der Waals surface area contributed by atoms with E-state index in [1.54, 1.807) is 18.3 Å². The first-order chi connectivity index (χ1) is 17.7. The molecule has 0 saturated heterocycles. The number of amides is 1. The number of rotatable bonds is 10. The fourth-order valence-electron chi connectivity index (χ4n) is 4.18. The number of unbranched alkanes of at least 4 members (excludes halogenated alkanes) is 1. The maximum absolute atomic E-state index is 12.8. The predicted molar refractivity (Wildman–Crippen MR) is 139 cm³/mol. The van der Waals surface area contributed by atoms with Crippen LogP contribution in [0, 0.1) is 0 Å². The molecular weight excluding hydrogens is 500 g/mol. The molecule has 2 heterocycles. The summed E-state index contributed by atoms with van der Waals surface area (Å²) < 4.78 is 11.1. The van der Waals surface area contributed by atoms with Gasteiger partial charge in [0, 0.05) is 41.0 Å². The van der Waals surface area contributed by atoms with Crippen molar-refractivity contribution in [3.63, 3.8) is 0 Å². The summed E-state index contributed by atoms with van der Waals surface area (Å²) in [5, 5.41) is 23.6. The number of nitrogens with one attached hydrogen (secondary N) is 2. The highest BCUT2D eigenvalue weighted by Gasteiger charge is 2.26. The highest BCUT2D eigenvalue weighted by atomic mass is 35.5. The fourth-order valence-corrected chi connectivity index (χ4v) is 4.39. The van der Waals surface area contributed by atoms with Gasteiger partial charge in [0.1, 0.15) is 23.1 Å². The molecule has 4 aromatic rings. The van der Waals surface area contributed by atoms with Crippen LogP contribution in [0.3, 0.4) is 0 Å². The summed E-state index contributed by atoms with van der Waals surface area (Å²) in [6.45, 7) is 3.52. The first-order valence-electron chi connectivity index (χ1n) is 11.9. The van der Waals surface area contributed by atoms with Gasteiger partial charge in [0.25, 0.3) is 5.91 Å². The molecule has 0 bridgehead atoms. The number of aromatic hydroxyl groups is 1. The monoisotopic (exact) mass is 526 g/mol. The molecule has 0 aliphatic heterocycles. The first kappa shape index (κ1) is 26.1. The lowest BCUT2D eigenvalue weighted by Gasteiger charge is -2.19. The summed E-state index contributed by atoms with van der Waals surface area (Å²) in [7, 11) is 0. The highest BCUT2D eigenvalue weighted by molar-refractivity contribution is 6.32. The first-order valence-corrected chi connectivity index (χ1v) is 12.3. The Hall–Kier alpha value is -3.98. The topological polar surface area (TPSA) is 142 Å².